The minimum absolute atomic E-state index is 0.0403. The van der Waals surface area contributed by atoms with E-state index < -0.39 is 0 Å². The zero-order valence-electron chi connectivity index (χ0n) is 18.4. The van der Waals surface area contributed by atoms with Gasteiger partial charge < -0.3 is 20.3 Å². The van der Waals surface area contributed by atoms with Gasteiger partial charge in [-0.25, -0.2) is 4.39 Å². The summed E-state index contributed by atoms with van der Waals surface area (Å²) in [6, 6.07) is 12.4. The van der Waals surface area contributed by atoms with Gasteiger partial charge in [-0.05, 0) is 62.1 Å². The maximum absolute atomic E-state index is 13.1. The molecule has 33 heavy (non-hydrogen) atoms. The first-order valence-electron chi connectivity index (χ1n) is 11.4. The molecule has 0 saturated carbocycles. The molecule has 8 heteroatoms. The third-order valence-corrected chi connectivity index (χ3v) is 6.19. The highest BCUT2D eigenvalue weighted by molar-refractivity contribution is 6.04. The number of likely N-dealkylation sites (tertiary alicyclic amines) is 1. The fourth-order valence-electron chi connectivity index (χ4n) is 4.25. The number of hydrogen-bond acceptors (Lipinski definition) is 4. The first kappa shape index (κ1) is 22.9. The molecule has 7 nitrogen and oxygen atoms in total. The van der Waals surface area contributed by atoms with Crippen LogP contribution in [0.25, 0.3) is 0 Å². The molecule has 0 radical (unpaired) electrons. The average molecular weight is 454 g/mol. The molecular formula is C25H28FN3O4. The second kappa shape index (κ2) is 10.6. The zero-order valence-corrected chi connectivity index (χ0v) is 18.4. The van der Waals surface area contributed by atoms with Gasteiger partial charge in [-0.15, -0.1) is 0 Å². The van der Waals surface area contributed by atoms with Crippen molar-refractivity contribution in [2.45, 2.75) is 31.8 Å². The average Bonchev–Trinajstić information content (AvgIpc) is 3.37. The Morgan fingerprint density at radius 1 is 1.00 bits per heavy atom. The van der Waals surface area contributed by atoms with Crippen LogP contribution in [0.1, 0.15) is 46.4 Å². The highest BCUT2D eigenvalue weighted by atomic mass is 19.1. The highest BCUT2D eigenvalue weighted by Gasteiger charge is 2.28. The minimum Gasteiger partial charge on any atom is -0.376 e. The second-order valence-electron chi connectivity index (χ2n) is 8.45. The van der Waals surface area contributed by atoms with Crippen LogP contribution in [-0.4, -0.2) is 55.0 Å². The van der Waals surface area contributed by atoms with Crippen LogP contribution in [0.3, 0.4) is 0 Å². The number of rotatable bonds is 6. The predicted octanol–water partition coefficient (Wildman–Crippen LogP) is 3.23. The largest absolute Gasteiger partial charge is 0.376 e. The quantitative estimate of drug-likeness (QED) is 0.703. The Hall–Kier alpha value is -3.26. The van der Waals surface area contributed by atoms with E-state index in [1.807, 2.05) is 0 Å². The fourth-order valence-corrected chi connectivity index (χ4v) is 4.25. The summed E-state index contributed by atoms with van der Waals surface area (Å²) in [4.78, 5) is 39.8. The number of anilines is 1. The Kier molecular flexibility index (Phi) is 7.34. The molecule has 2 aromatic carbocycles. The number of hydrogen-bond donors (Lipinski definition) is 2. The first-order chi connectivity index (χ1) is 16.0. The van der Waals surface area contributed by atoms with Crippen molar-refractivity contribution < 1.29 is 23.5 Å². The van der Waals surface area contributed by atoms with E-state index in [0.717, 1.165) is 19.4 Å². The van der Waals surface area contributed by atoms with Crippen molar-refractivity contribution in [1.82, 2.24) is 10.2 Å². The van der Waals surface area contributed by atoms with Crippen LogP contribution in [0.4, 0.5) is 10.1 Å². The summed E-state index contributed by atoms with van der Waals surface area (Å²) >= 11 is 0. The molecule has 1 atom stereocenters. The van der Waals surface area contributed by atoms with Gasteiger partial charge in [0.25, 0.3) is 11.8 Å². The van der Waals surface area contributed by atoms with E-state index in [-0.39, 0.29) is 35.6 Å². The van der Waals surface area contributed by atoms with E-state index in [4.69, 9.17) is 4.74 Å². The maximum Gasteiger partial charge on any atom is 0.253 e. The van der Waals surface area contributed by atoms with Crippen molar-refractivity contribution in [1.29, 1.82) is 0 Å². The molecule has 2 fully saturated rings. The topological polar surface area (TPSA) is 87.7 Å². The molecular weight excluding hydrogens is 425 g/mol. The van der Waals surface area contributed by atoms with Crippen molar-refractivity contribution in [3.05, 3.63) is 65.5 Å². The molecule has 0 bridgehead atoms. The molecule has 0 aliphatic carbocycles. The highest BCUT2D eigenvalue weighted by Crippen LogP contribution is 2.23. The van der Waals surface area contributed by atoms with E-state index in [1.165, 1.54) is 24.3 Å². The van der Waals surface area contributed by atoms with Crippen LogP contribution in [0.2, 0.25) is 0 Å². The van der Waals surface area contributed by atoms with Gasteiger partial charge in [0, 0.05) is 37.7 Å². The molecule has 0 unspecified atom stereocenters. The van der Waals surface area contributed by atoms with Crippen molar-refractivity contribution in [3.63, 3.8) is 0 Å². The lowest BCUT2D eigenvalue weighted by Gasteiger charge is -2.31. The summed E-state index contributed by atoms with van der Waals surface area (Å²) in [6.45, 7) is 2.05. The molecule has 3 amide bonds. The number of benzene rings is 2. The Balaban J connectivity index is 1.31. The molecule has 0 spiro atoms. The molecule has 2 heterocycles. The van der Waals surface area contributed by atoms with Crippen molar-refractivity contribution >= 4 is 23.4 Å². The SMILES string of the molecule is O=C(NC[C@@H]1CCCO1)c1ccccc1NC(=O)C1CCN(C(=O)c2ccc(F)cc2)CC1. The predicted molar refractivity (Wildman–Crippen MR) is 121 cm³/mol. The van der Waals surface area contributed by atoms with Gasteiger partial charge in [-0.1, -0.05) is 12.1 Å². The van der Waals surface area contributed by atoms with Crippen LogP contribution in [0.15, 0.2) is 48.5 Å². The first-order valence-corrected chi connectivity index (χ1v) is 11.4. The van der Waals surface area contributed by atoms with Crippen LogP contribution in [0, 0.1) is 11.7 Å². The summed E-state index contributed by atoms with van der Waals surface area (Å²) in [5.41, 5.74) is 1.31. The number of ether oxygens (including phenoxy) is 1. The van der Waals surface area contributed by atoms with Crippen molar-refractivity contribution in [2.24, 2.45) is 5.92 Å². The third kappa shape index (κ3) is 5.76. The van der Waals surface area contributed by atoms with E-state index >= 15 is 0 Å². The van der Waals surface area contributed by atoms with Crippen LogP contribution in [-0.2, 0) is 9.53 Å². The van der Waals surface area contributed by atoms with Crippen molar-refractivity contribution in [3.8, 4) is 0 Å². The monoisotopic (exact) mass is 453 g/mol. The lowest BCUT2D eigenvalue weighted by molar-refractivity contribution is -0.121. The molecule has 2 saturated heterocycles. The molecule has 174 valence electrons. The summed E-state index contributed by atoms with van der Waals surface area (Å²) < 4.78 is 18.6. The Morgan fingerprint density at radius 3 is 2.42 bits per heavy atom. The van der Waals surface area contributed by atoms with Gasteiger partial charge >= 0.3 is 0 Å². The summed E-state index contributed by atoms with van der Waals surface area (Å²) in [6.07, 6.45) is 3.01. The van der Waals surface area contributed by atoms with Gasteiger partial charge in [-0.3, -0.25) is 14.4 Å². The van der Waals surface area contributed by atoms with Gasteiger partial charge in [0.2, 0.25) is 5.91 Å². The third-order valence-electron chi connectivity index (χ3n) is 6.19. The van der Waals surface area contributed by atoms with Gasteiger partial charge in [0.15, 0.2) is 0 Å². The summed E-state index contributed by atoms with van der Waals surface area (Å²) in [5, 5.41) is 5.78. The standard InChI is InChI=1S/C25H28FN3O4/c26-19-9-7-18(8-10-19)25(32)29-13-11-17(12-14-29)23(30)28-22-6-2-1-5-21(22)24(31)27-16-20-4-3-15-33-20/h1-2,5-10,17,20H,3-4,11-16H2,(H,27,31)(H,28,30)/t20-/m0/s1. The number of nitrogens with one attached hydrogen (secondary N) is 2. The number of para-hydroxylation sites is 1. The Labute approximate surface area is 192 Å². The summed E-state index contributed by atoms with van der Waals surface area (Å²) in [5.74, 6) is -1.22. The van der Waals surface area contributed by atoms with Gasteiger partial charge in [0.1, 0.15) is 5.82 Å². The smallest absolute Gasteiger partial charge is 0.253 e. The molecule has 2 N–H and O–H groups in total. The lowest BCUT2D eigenvalue weighted by Crippen LogP contribution is -2.41. The fraction of sp³-hybridized carbons (Fsp3) is 0.400. The Morgan fingerprint density at radius 2 is 1.73 bits per heavy atom. The molecule has 2 aromatic rings. The minimum atomic E-state index is -0.386. The zero-order chi connectivity index (χ0) is 23.2. The number of nitrogens with zero attached hydrogens (tertiary/aromatic N) is 1. The summed E-state index contributed by atoms with van der Waals surface area (Å²) in [7, 11) is 0. The molecule has 0 aromatic heterocycles. The van der Waals surface area contributed by atoms with E-state index in [2.05, 4.69) is 10.6 Å². The number of halogens is 1. The number of piperidine rings is 1. The van der Waals surface area contributed by atoms with Gasteiger partial charge in [0.05, 0.1) is 17.4 Å². The van der Waals surface area contributed by atoms with Crippen LogP contribution in [0.5, 0.6) is 0 Å². The molecule has 2 aliphatic rings. The van der Waals surface area contributed by atoms with Crippen molar-refractivity contribution in [2.75, 3.05) is 31.6 Å². The number of carbonyl (C=O) groups is 3. The maximum atomic E-state index is 13.1. The van der Waals surface area contributed by atoms with Crippen LogP contribution < -0.4 is 10.6 Å². The molecule has 4 rings (SSSR count). The Bertz CT molecular complexity index is 997. The second-order valence-corrected chi connectivity index (χ2v) is 8.45. The normalized spacial score (nSPS) is 18.7. The van der Waals surface area contributed by atoms with E-state index in [1.54, 1.807) is 29.2 Å². The van der Waals surface area contributed by atoms with Crippen LogP contribution >= 0.6 is 0 Å². The van der Waals surface area contributed by atoms with E-state index in [0.29, 0.717) is 49.3 Å². The lowest BCUT2D eigenvalue weighted by atomic mass is 9.95. The molecule has 2 aliphatic heterocycles. The van der Waals surface area contributed by atoms with Gasteiger partial charge in [-0.2, -0.15) is 0 Å². The number of amides is 3. The number of carbonyl (C=O) groups excluding carboxylic acids is 3. The van der Waals surface area contributed by atoms with E-state index in [9.17, 15) is 18.8 Å².